The molecule has 1 aliphatic carbocycles. The highest BCUT2D eigenvalue weighted by molar-refractivity contribution is 6.11. The van der Waals surface area contributed by atoms with Crippen LogP contribution < -0.4 is 15.0 Å². The van der Waals surface area contributed by atoms with Crippen LogP contribution in [0.25, 0.3) is 10.9 Å². The van der Waals surface area contributed by atoms with Gasteiger partial charge in [-0.1, -0.05) is 37.1 Å². The summed E-state index contributed by atoms with van der Waals surface area (Å²) in [4.78, 5) is 34.1. The summed E-state index contributed by atoms with van der Waals surface area (Å²) in [6.45, 7) is 0. The van der Waals surface area contributed by atoms with E-state index in [4.69, 9.17) is 4.74 Å². The number of carbonyl (C=O) groups excluding carboxylic acids is 2. The average Bonchev–Trinajstić information content (AvgIpc) is 3.44. The molecule has 1 aliphatic rings. The highest BCUT2D eigenvalue weighted by atomic mass is 16.5. The van der Waals surface area contributed by atoms with Crippen molar-refractivity contribution in [2.45, 2.75) is 37.8 Å². The molecule has 37 heavy (non-hydrogen) atoms. The van der Waals surface area contributed by atoms with E-state index in [2.05, 4.69) is 10.3 Å². The van der Waals surface area contributed by atoms with Gasteiger partial charge < -0.3 is 15.2 Å². The van der Waals surface area contributed by atoms with Crippen molar-refractivity contribution in [2.75, 3.05) is 12.0 Å². The number of carbonyl (C=O) groups is 2. The van der Waals surface area contributed by atoms with Crippen LogP contribution in [-0.4, -0.2) is 35.1 Å². The van der Waals surface area contributed by atoms with Crippen LogP contribution in [0.15, 0.2) is 85.1 Å². The summed E-state index contributed by atoms with van der Waals surface area (Å²) in [6, 6.07) is 21.7. The van der Waals surface area contributed by atoms with Crippen molar-refractivity contribution in [3.8, 4) is 11.5 Å². The number of para-hydroxylation sites is 2. The number of fused-ring (bicyclic) bond motifs is 1. The lowest BCUT2D eigenvalue weighted by atomic mass is 9.99. The maximum absolute atomic E-state index is 14.1. The maximum atomic E-state index is 14.1. The summed E-state index contributed by atoms with van der Waals surface area (Å²) in [5, 5.41) is 13.9. The maximum Gasteiger partial charge on any atom is 0.259 e. The van der Waals surface area contributed by atoms with Crippen LogP contribution in [0.1, 0.15) is 47.6 Å². The van der Waals surface area contributed by atoms with Gasteiger partial charge in [-0.2, -0.15) is 0 Å². The number of benzene rings is 3. The quantitative estimate of drug-likeness (QED) is 0.358. The SMILES string of the molecule is COc1ccccc1N(C(=O)c1ccc(O)cc1)[C@H](C(=O)NC1CCCC1)c1ccc2ncccc2c1. The zero-order valence-electron chi connectivity index (χ0n) is 20.6. The summed E-state index contributed by atoms with van der Waals surface area (Å²) in [7, 11) is 1.54. The highest BCUT2D eigenvalue weighted by Crippen LogP contribution is 2.37. The predicted octanol–water partition coefficient (Wildman–Crippen LogP) is 5.40. The molecule has 1 atom stereocenters. The second-order valence-electron chi connectivity index (χ2n) is 9.24. The Kier molecular flexibility index (Phi) is 7.03. The van der Waals surface area contributed by atoms with Crippen LogP contribution in [-0.2, 0) is 4.79 Å². The fourth-order valence-corrected chi connectivity index (χ4v) is 4.97. The lowest BCUT2D eigenvalue weighted by Gasteiger charge is -2.33. The third kappa shape index (κ3) is 5.11. The Morgan fingerprint density at radius 3 is 2.51 bits per heavy atom. The number of amides is 2. The van der Waals surface area contributed by atoms with Crippen molar-refractivity contribution in [1.82, 2.24) is 10.3 Å². The van der Waals surface area contributed by atoms with E-state index in [1.807, 2.05) is 42.5 Å². The Morgan fingerprint density at radius 1 is 1.00 bits per heavy atom. The molecule has 1 fully saturated rings. The van der Waals surface area contributed by atoms with Gasteiger partial charge in [-0.05, 0) is 73.0 Å². The molecule has 0 radical (unpaired) electrons. The van der Waals surface area contributed by atoms with Crippen LogP contribution >= 0.6 is 0 Å². The first-order chi connectivity index (χ1) is 18.0. The number of methoxy groups -OCH3 is 1. The minimum Gasteiger partial charge on any atom is -0.508 e. The van der Waals surface area contributed by atoms with Crippen molar-refractivity contribution >= 4 is 28.4 Å². The largest absolute Gasteiger partial charge is 0.508 e. The molecule has 3 aromatic carbocycles. The van der Waals surface area contributed by atoms with Gasteiger partial charge in [0.15, 0.2) is 0 Å². The number of nitrogens with one attached hydrogen (secondary N) is 1. The average molecular weight is 496 g/mol. The smallest absolute Gasteiger partial charge is 0.259 e. The summed E-state index contributed by atoms with van der Waals surface area (Å²) in [6.07, 6.45) is 5.70. The summed E-state index contributed by atoms with van der Waals surface area (Å²) >= 11 is 0. The van der Waals surface area contributed by atoms with Gasteiger partial charge in [0.1, 0.15) is 17.5 Å². The summed E-state index contributed by atoms with van der Waals surface area (Å²) in [5.41, 5.74) is 2.27. The number of pyridine rings is 1. The third-order valence-electron chi connectivity index (χ3n) is 6.83. The fraction of sp³-hybridized carbons (Fsp3) is 0.233. The van der Waals surface area contributed by atoms with Gasteiger partial charge in [-0.15, -0.1) is 0 Å². The topological polar surface area (TPSA) is 91.8 Å². The molecule has 1 saturated carbocycles. The Hall–Kier alpha value is -4.39. The molecule has 5 rings (SSSR count). The Labute approximate surface area is 215 Å². The van der Waals surface area contributed by atoms with Crippen molar-refractivity contribution in [1.29, 1.82) is 0 Å². The minimum atomic E-state index is -0.970. The van der Waals surface area contributed by atoms with E-state index in [0.717, 1.165) is 36.6 Å². The fourth-order valence-electron chi connectivity index (χ4n) is 4.97. The van der Waals surface area contributed by atoms with Crippen LogP contribution in [0.3, 0.4) is 0 Å². The number of rotatable bonds is 7. The zero-order valence-corrected chi connectivity index (χ0v) is 20.6. The van der Waals surface area contributed by atoms with Gasteiger partial charge in [0.2, 0.25) is 5.91 Å². The molecule has 2 amide bonds. The van der Waals surface area contributed by atoms with E-state index < -0.39 is 6.04 Å². The number of hydrogen-bond donors (Lipinski definition) is 2. The number of phenolic OH excluding ortho intramolecular Hbond substituents is 1. The number of phenols is 1. The number of aromatic nitrogens is 1. The standard InChI is InChI=1S/C30H29N3O4/c1-37-27-11-5-4-10-26(27)33(30(36)20-12-15-24(34)16-13-20)28(29(35)32-23-8-2-3-9-23)22-14-17-25-21(19-22)7-6-18-31-25/h4-7,10-19,23,28,34H,2-3,8-9H2,1H3,(H,32,35)/t28-/m0/s1. The molecule has 0 unspecified atom stereocenters. The van der Waals surface area contributed by atoms with Gasteiger partial charge in [0, 0.05) is 23.2 Å². The summed E-state index contributed by atoms with van der Waals surface area (Å²) < 4.78 is 5.63. The molecule has 1 aromatic heterocycles. The first-order valence-electron chi connectivity index (χ1n) is 12.5. The Balaban J connectivity index is 1.68. The van der Waals surface area contributed by atoms with Crippen molar-refractivity contribution < 1.29 is 19.4 Å². The van der Waals surface area contributed by atoms with Crippen molar-refractivity contribution in [2.24, 2.45) is 0 Å². The minimum absolute atomic E-state index is 0.0537. The summed E-state index contributed by atoms with van der Waals surface area (Å²) in [5.74, 6) is -0.121. The second-order valence-corrected chi connectivity index (χ2v) is 9.24. The molecule has 2 N–H and O–H groups in total. The molecule has 0 aliphatic heterocycles. The molecule has 7 nitrogen and oxygen atoms in total. The molecule has 0 spiro atoms. The van der Waals surface area contributed by atoms with E-state index in [-0.39, 0.29) is 23.6 Å². The van der Waals surface area contributed by atoms with Crippen molar-refractivity contribution in [3.05, 3.63) is 96.2 Å². The molecule has 7 heteroatoms. The molecule has 0 saturated heterocycles. The van der Waals surface area contributed by atoms with Crippen LogP contribution in [0, 0.1) is 0 Å². The lowest BCUT2D eigenvalue weighted by molar-refractivity contribution is -0.123. The van der Waals surface area contributed by atoms with E-state index in [1.54, 1.807) is 30.5 Å². The van der Waals surface area contributed by atoms with Gasteiger partial charge in [-0.3, -0.25) is 19.5 Å². The predicted molar refractivity (Wildman–Crippen MR) is 143 cm³/mol. The van der Waals surface area contributed by atoms with E-state index in [0.29, 0.717) is 22.6 Å². The first-order valence-corrected chi connectivity index (χ1v) is 12.5. The lowest BCUT2D eigenvalue weighted by Crippen LogP contribution is -2.46. The Morgan fingerprint density at radius 2 is 1.76 bits per heavy atom. The van der Waals surface area contributed by atoms with Gasteiger partial charge >= 0.3 is 0 Å². The number of anilines is 1. The number of aromatic hydroxyl groups is 1. The van der Waals surface area contributed by atoms with Gasteiger partial charge in [0.05, 0.1) is 18.3 Å². The monoisotopic (exact) mass is 495 g/mol. The zero-order chi connectivity index (χ0) is 25.8. The normalized spacial score (nSPS) is 14.3. The van der Waals surface area contributed by atoms with E-state index in [9.17, 15) is 14.7 Å². The van der Waals surface area contributed by atoms with Gasteiger partial charge in [-0.25, -0.2) is 0 Å². The van der Waals surface area contributed by atoms with Crippen molar-refractivity contribution in [3.63, 3.8) is 0 Å². The van der Waals surface area contributed by atoms with Crippen LogP contribution in [0.4, 0.5) is 5.69 Å². The Bertz CT molecular complexity index is 1410. The molecule has 4 aromatic rings. The highest BCUT2D eigenvalue weighted by Gasteiger charge is 2.36. The first kappa shape index (κ1) is 24.3. The molecular formula is C30H29N3O4. The van der Waals surface area contributed by atoms with E-state index >= 15 is 0 Å². The van der Waals surface area contributed by atoms with Gasteiger partial charge in [0.25, 0.3) is 5.91 Å². The second kappa shape index (κ2) is 10.7. The molecule has 0 bridgehead atoms. The number of nitrogens with zero attached hydrogens (tertiary/aromatic N) is 2. The van der Waals surface area contributed by atoms with Crippen LogP contribution in [0.2, 0.25) is 0 Å². The third-order valence-corrected chi connectivity index (χ3v) is 6.83. The number of ether oxygens (including phenoxy) is 1. The molecule has 1 heterocycles. The van der Waals surface area contributed by atoms with E-state index in [1.165, 1.54) is 24.1 Å². The number of hydrogen-bond acceptors (Lipinski definition) is 5. The van der Waals surface area contributed by atoms with Crippen LogP contribution in [0.5, 0.6) is 11.5 Å². The molecular weight excluding hydrogens is 466 g/mol. The molecule has 188 valence electrons.